The summed E-state index contributed by atoms with van der Waals surface area (Å²) in [4.78, 5) is 27.8. The van der Waals surface area contributed by atoms with Gasteiger partial charge in [0.05, 0.1) is 11.4 Å². The van der Waals surface area contributed by atoms with Crippen molar-refractivity contribution in [3.63, 3.8) is 0 Å². The lowest BCUT2D eigenvalue weighted by molar-refractivity contribution is -0.124. The molecule has 4 heterocycles. The van der Waals surface area contributed by atoms with Gasteiger partial charge >= 0.3 is 0 Å². The third-order valence-electron chi connectivity index (χ3n) is 5.73. The number of fused-ring (bicyclic) bond motifs is 1. The summed E-state index contributed by atoms with van der Waals surface area (Å²) in [7, 11) is 0. The van der Waals surface area contributed by atoms with E-state index in [1.165, 1.54) is 9.56 Å². The van der Waals surface area contributed by atoms with Crippen LogP contribution < -0.4 is 10.9 Å². The Bertz CT molecular complexity index is 1480. The van der Waals surface area contributed by atoms with E-state index in [0.29, 0.717) is 29.0 Å². The van der Waals surface area contributed by atoms with Crippen LogP contribution in [0.25, 0.3) is 22.4 Å². The molecule has 1 atom stereocenters. The van der Waals surface area contributed by atoms with Crippen molar-refractivity contribution in [1.82, 2.24) is 29.4 Å². The molecule has 0 aliphatic carbocycles. The van der Waals surface area contributed by atoms with Crippen LogP contribution in [-0.4, -0.2) is 36.6 Å². The van der Waals surface area contributed by atoms with Gasteiger partial charge in [-0.05, 0) is 56.0 Å². The van der Waals surface area contributed by atoms with Crippen LogP contribution in [0.5, 0.6) is 0 Å². The Morgan fingerprint density at radius 2 is 1.82 bits per heavy atom. The molecule has 1 amide bonds. The quantitative estimate of drug-likeness (QED) is 0.392. The maximum Gasteiger partial charge on any atom is 0.280 e. The highest BCUT2D eigenvalue weighted by molar-refractivity contribution is 7.09. The fourth-order valence-corrected chi connectivity index (χ4v) is 4.69. The van der Waals surface area contributed by atoms with Crippen molar-refractivity contribution < 1.29 is 4.79 Å². The summed E-state index contributed by atoms with van der Waals surface area (Å²) in [5, 5.41) is 14.6. The van der Waals surface area contributed by atoms with Gasteiger partial charge in [-0.1, -0.05) is 24.3 Å². The number of amides is 1. The SMILES string of the molecule is Cc1nn([C@@H](C)C(=O)NCCc2cccs2)c(=O)c2c(-n3cccc3)n(-c3ccccc3)nc12. The van der Waals surface area contributed by atoms with Crippen molar-refractivity contribution in [2.24, 2.45) is 0 Å². The second-order valence-corrected chi connectivity index (χ2v) is 9.05. The van der Waals surface area contributed by atoms with E-state index in [-0.39, 0.29) is 11.5 Å². The molecule has 172 valence electrons. The van der Waals surface area contributed by atoms with Gasteiger partial charge in [0, 0.05) is 23.8 Å². The zero-order chi connectivity index (χ0) is 23.7. The van der Waals surface area contributed by atoms with Crippen molar-refractivity contribution >= 4 is 28.1 Å². The minimum Gasteiger partial charge on any atom is -0.354 e. The molecule has 9 heteroatoms. The average Bonchev–Trinajstić information content (AvgIpc) is 3.62. The minimum atomic E-state index is -0.767. The molecule has 0 aliphatic rings. The summed E-state index contributed by atoms with van der Waals surface area (Å²) in [6.45, 7) is 4.00. The number of nitrogens with one attached hydrogen (secondary N) is 1. The molecule has 4 aromatic heterocycles. The van der Waals surface area contributed by atoms with Crippen LogP contribution in [0.15, 0.2) is 77.2 Å². The number of benzene rings is 1. The first kappa shape index (κ1) is 21.8. The number of carbonyl (C=O) groups is 1. The summed E-state index contributed by atoms with van der Waals surface area (Å²) in [6.07, 6.45) is 4.49. The van der Waals surface area contributed by atoms with Crippen molar-refractivity contribution in [2.45, 2.75) is 26.3 Å². The molecule has 0 unspecified atom stereocenters. The van der Waals surface area contributed by atoms with Gasteiger partial charge in [0.25, 0.3) is 5.56 Å². The van der Waals surface area contributed by atoms with E-state index in [0.717, 1.165) is 12.1 Å². The number of rotatable bonds is 7. The van der Waals surface area contributed by atoms with Gasteiger partial charge in [-0.3, -0.25) is 9.59 Å². The number of carbonyl (C=O) groups excluding carboxylic acids is 1. The highest BCUT2D eigenvalue weighted by Gasteiger charge is 2.25. The smallest absolute Gasteiger partial charge is 0.280 e. The fourth-order valence-electron chi connectivity index (χ4n) is 3.98. The first-order chi connectivity index (χ1) is 16.5. The number of aromatic nitrogens is 5. The summed E-state index contributed by atoms with van der Waals surface area (Å²) < 4.78 is 4.87. The molecule has 34 heavy (non-hydrogen) atoms. The molecule has 0 fully saturated rings. The van der Waals surface area contributed by atoms with E-state index >= 15 is 0 Å². The number of hydrogen-bond acceptors (Lipinski definition) is 5. The monoisotopic (exact) mass is 472 g/mol. The molecule has 0 bridgehead atoms. The van der Waals surface area contributed by atoms with E-state index in [9.17, 15) is 9.59 Å². The number of hydrogen-bond donors (Lipinski definition) is 1. The number of thiophene rings is 1. The van der Waals surface area contributed by atoms with Gasteiger partial charge < -0.3 is 9.88 Å². The highest BCUT2D eigenvalue weighted by atomic mass is 32.1. The van der Waals surface area contributed by atoms with Gasteiger partial charge in [-0.2, -0.15) is 10.2 Å². The normalized spacial score (nSPS) is 12.2. The molecule has 0 spiro atoms. The van der Waals surface area contributed by atoms with Crippen LogP contribution in [0.3, 0.4) is 0 Å². The summed E-state index contributed by atoms with van der Waals surface area (Å²) in [5.41, 5.74) is 1.56. The van der Waals surface area contributed by atoms with Crippen molar-refractivity contribution in [2.75, 3.05) is 6.54 Å². The van der Waals surface area contributed by atoms with E-state index in [1.807, 2.05) is 83.9 Å². The Balaban J connectivity index is 1.57. The van der Waals surface area contributed by atoms with Crippen molar-refractivity contribution in [3.05, 3.63) is 93.3 Å². The molecule has 1 N–H and O–H groups in total. The van der Waals surface area contributed by atoms with Crippen molar-refractivity contribution in [1.29, 1.82) is 0 Å². The molecule has 0 aliphatic heterocycles. The second kappa shape index (κ2) is 9.11. The minimum absolute atomic E-state index is 0.247. The maximum atomic E-state index is 13.7. The van der Waals surface area contributed by atoms with Crippen LogP contribution in [0.1, 0.15) is 23.5 Å². The van der Waals surface area contributed by atoms with Crippen molar-refractivity contribution in [3.8, 4) is 11.5 Å². The van der Waals surface area contributed by atoms with Gasteiger partial charge in [0.2, 0.25) is 5.91 Å². The lowest BCUT2D eigenvalue weighted by Gasteiger charge is -2.15. The Kier molecular flexibility index (Phi) is 5.85. The average molecular weight is 473 g/mol. The van der Waals surface area contributed by atoms with Crippen LogP contribution in [0, 0.1) is 6.92 Å². The highest BCUT2D eigenvalue weighted by Crippen LogP contribution is 2.25. The second-order valence-electron chi connectivity index (χ2n) is 8.02. The Labute approximate surface area is 200 Å². The predicted molar refractivity (Wildman–Crippen MR) is 133 cm³/mol. The van der Waals surface area contributed by atoms with E-state index in [1.54, 1.807) is 22.9 Å². The summed E-state index contributed by atoms with van der Waals surface area (Å²) in [6, 6.07) is 16.7. The molecule has 0 radical (unpaired) electrons. The standard InChI is InChI=1S/C25H24N6O2S/c1-17-22-21(24(29-14-6-7-15-29)31(28-22)19-9-4-3-5-10-19)25(33)30(27-17)18(2)23(32)26-13-12-20-11-8-16-34-20/h3-11,14-16,18H,12-13H2,1-2H3,(H,26,32)/t18-/m0/s1. The fraction of sp³-hybridized carbons (Fsp3) is 0.200. The van der Waals surface area contributed by atoms with E-state index in [4.69, 9.17) is 5.10 Å². The van der Waals surface area contributed by atoms with E-state index in [2.05, 4.69) is 10.4 Å². The predicted octanol–water partition coefficient (Wildman–Crippen LogP) is 3.66. The Hall–Kier alpha value is -3.98. The molecular weight excluding hydrogens is 448 g/mol. The van der Waals surface area contributed by atoms with Crippen LogP contribution >= 0.6 is 11.3 Å². The third kappa shape index (κ3) is 3.94. The number of para-hydroxylation sites is 1. The lowest BCUT2D eigenvalue weighted by atomic mass is 10.2. The Morgan fingerprint density at radius 3 is 2.53 bits per heavy atom. The molecular formula is C25H24N6O2S. The Morgan fingerprint density at radius 1 is 1.06 bits per heavy atom. The largest absolute Gasteiger partial charge is 0.354 e. The van der Waals surface area contributed by atoms with E-state index < -0.39 is 6.04 Å². The maximum absolute atomic E-state index is 13.7. The van der Waals surface area contributed by atoms with Gasteiger partial charge in [-0.25, -0.2) is 9.36 Å². The first-order valence-electron chi connectivity index (χ1n) is 11.1. The van der Waals surface area contributed by atoms with Gasteiger partial charge in [0.1, 0.15) is 16.9 Å². The summed E-state index contributed by atoms with van der Waals surface area (Å²) >= 11 is 1.66. The number of nitrogens with zero attached hydrogens (tertiary/aromatic N) is 5. The molecule has 5 rings (SSSR count). The summed E-state index contributed by atoms with van der Waals surface area (Å²) in [5.74, 6) is 0.364. The zero-order valence-electron chi connectivity index (χ0n) is 18.9. The zero-order valence-corrected chi connectivity index (χ0v) is 19.7. The van der Waals surface area contributed by atoms with Gasteiger partial charge in [-0.15, -0.1) is 11.3 Å². The third-order valence-corrected chi connectivity index (χ3v) is 6.67. The molecule has 1 aromatic carbocycles. The molecule has 5 aromatic rings. The van der Waals surface area contributed by atoms with Crippen LogP contribution in [-0.2, 0) is 11.2 Å². The number of aryl methyl sites for hydroxylation is 1. The molecule has 0 saturated heterocycles. The van der Waals surface area contributed by atoms with Crippen LogP contribution in [0.2, 0.25) is 0 Å². The first-order valence-corrected chi connectivity index (χ1v) is 11.9. The topological polar surface area (TPSA) is 86.7 Å². The van der Waals surface area contributed by atoms with Crippen LogP contribution in [0.4, 0.5) is 0 Å². The van der Waals surface area contributed by atoms with Gasteiger partial charge in [0.15, 0.2) is 5.82 Å². The molecule has 0 saturated carbocycles. The molecule has 8 nitrogen and oxygen atoms in total. The lowest BCUT2D eigenvalue weighted by Crippen LogP contribution is -2.38.